The molecule has 0 unspecified atom stereocenters. The lowest BCUT2D eigenvalue weighted by Gasteiger charge is -2.24. The van der Waals surface area contributed by atoms with Crippen molar-refractivity contribution in [2.45, 2.75) is 13.1 Å². The van der Waals surface area contributed by atoms with Gasteiger partial charge in [-0.05, 0) is 78.2 Å². The third-order valence-electron chi connectivity index (χ3n) is 7.77. The van der Waals surface area contributed by atoms with Gasteiger partial charge in [-0.2, -0.15) is 0 Å². The first kappa shape index (κ1) is 22.3. The highest BCUT2D eigenvalue weighted by atomic mass is 15.2. The van der Waals surface area contributed by atoms with Crippen LogP contribution in [0, 0.1) is 5.41 Å². The molecule has 3 N–H and O–H groups in total. The van der Waals surface area contributed by atoms with Crippen LogP contribution in [0.1, 0.15) is 11.1 Å². The number of nitrogens with one attached hydrogen (secondary N) is 1. The Morgan fingerprint density at radius 2 is 0.947 bits per heavy atom. The number of fused-ring (bicyclic) bond motifs is 7. The van der Waals surface area contributed by atoms with Crippen LogP contribution in [0.5, 0.6) is 0 Å². The maximum absolute atomic E-state index is 8.55. The fourth-order valence-electron chi connectivity index (χ4n) is 6.04. The van der Waals surface area contributed by atoms with Crippen molar-refractivity contribution in [2.75, 3.05) is 0 Å². The van der Waals surface area contributed by atoms with Crippen molar-refractivity contribution in [2.24, 2.45) is 5.73 Å². The van der Waals surface area contributed by atoms with Crippen molar-refractivity contribution < 1.29 is 0 Å². The van der Waals surface area contributed by atoms with Crippen LogP contribution < -0.4 is 5.73 Å². The number of hydrogen-bond acceptors (Lipinski definition) is 1. The van der Waals surface area contributed by atoms with Crippen molar-refractivity contribution in [3.63, 3.8) is 0 Å². The molecule has 182 valence electrons. The second kappa shape index (κ2) is 8.89. The number of benzene rings is 6. The Labute approximate surface area is 222 Å². The Bertz CT molecular complexity index is 1710. The number of hydrogen-bond donors (Lipinski definition) is 2. The highest BCUT2D eigenvalue weighted by molar-refractivity contribution is 6.12. The van der Waals surface area contributed by atoms with Crippen LogP contribution in [0.25, 0.3) is 54.9 Å². The van der Waals surface area contributed by atoms with Crippen molar-refractivity contribution in [3.8, 4) is 33.4 Å². The second-order valence-corrected chi connectivity index (χ2v) is 9.97. The van der Waals surface area contributed by atoms with Gasteiger partial charge in [0, 0.05) is 13.1 Å². The van der Waals surface area contributed by atoms with Crippen LogP contribution in [0.3, 0.4) is 0 Å². The van der Waals surface area contributed by atoms with E-state index in [2.05, 4.69) is 121 Å². The standard InChI is InChI=1S/C35H27N3/c36-35(37)38-21-31-29(23-11-3-1-4-12-23)19-25-15-7-9-17-27(25)33(31)34-28-18-10-8-16-26(28)20-30(32(34)22-38)24-13-5-2-6-14-24/h1-20H,21-22H2,(H3,36,37). The maximum Gasteiger partial charge on any atom is 0.188 e. The summed E-state index contributed by atoms with van der Waals surface area (Å²) in [6.07, 6.45) is 0. The predicted octanol–water partition coefficient (Wildman–Crippen LogP) is 8.20. The minimum Gasteiger partial charge on any atom is -0.370 e. The molecule has 0 spiro atoms. The molecule has 3 nitrogen and oxygen atoms in total. The largest absolute Gasteiger partial charge is 0.370 e. The van der Waals surface area contributed by atoms with E-state index >= 15 is 0 Å². The van der Waals surface area contributed by atoms with E-state index < -0.39 is 0 Å². The molecule has 0 saturated heterocycles. The molecule has 0 fully saturated rings. The molecule has 0 saturated carbocycles. The summed E-state index contributed by atoms with van der Waals surface area (Å²) in [5.41, 5.74) is 15.9. The van der Waals surface area contributed by atoms with Crippen LogP contribution in [-0.2, 0) is 13.1 Å². The molecule has 1 heterocycles. The molecule has 0 atom stereocenters. The summed E-state index contributed by atoms with van der Waals surface area (Å²) in [7, 11) is 0. The highest BCUT2D eigenvalue weighted by Crippen LogP contribution is 2.48. The first-order valence-corrected chi connectivity index (χ1v) is 13.0. The third-order valence-corrected chi connectivity index (χ3v) is 7.77. The molecule has 3 heteroatoms. The van der Waals surface area contributed by atoms with Crippen LogP contribution in [0.15, 0.2) is 121 Å². The molecule has 0 amide bonds. The van der Waals surface area contributed by atoms with E-state index in [9.17, 15) is 0 Å². The number of nitrogens with zero attached hydrogens (tertiary/aromatic N) is 1. The van der Waals surface area contributed by atoms with Gasteiger partial charge in [-0.1, -0.05) is 109 Å². The predicted molar refractivity (Wildman–Crippen MR) is 159 cm³/mol. The lowest BCUT2D eigenvalue weighted by atomic mass is 9.82. The van der Waals surface area contributed by atoms with E-state index in [0.29, 0.717) is 13.1 Å². The molecule has 0 aromatic heterocycles. The number of guanidine groups is 1. The zero-order valence-corrected chi connectivity index (χ0v) is 21.0. The normalized spacial score (nSPS) is 12.7. The van der Waals surface area contributed by atoms with E-state index in [-0.39, 0.29) is 5.96 Å². The molecule has 6 aromatic rings. The molecular formula is C35H27N3. The summed E-state index contributed by atoms with van der Waals surface area (Å²) < 4.78 is 0. The van der Waals surface area contributed by atoms with Gasteiger partial charge in [0.05, 0.1) is 0 Å². The Hall–Kier alpha value is -4.89. The fourth-order valence-corrected chi connectivity index (χ4v) is 6.04. The van der Waals surface area contributed by atoms with E-state index in [1.165, 1.54) is 66.1 Å². The van der Waals surface area contributed by atoms with Gasteiger partial charge in [-0.15, -0.1) is 0 Å². The summed E-state index contributed by atoms with van der Waals surface area (Å²) in [5, 5.41) is 13.4. The van der Waals surface area contributed by atoms with Gasteiger partial charge in [0.1, 0.15) is 0 Å². The van der Waals surface area contributed by atoms with Gasteiger partial charge in [0.2, 0.25) is 0 Å². The average Bonchev–Trinajstić information content (AvgIpc) is 3.16. The summed E-state index contributed by atoms with van der Waals surface area (Å²) >= 11 is 0. The summed E-state index contributed by atoms with van der Waals surface area (Å²) in [4.78, 5) is 2.01. The summed E-state index contributed by atoms with van der Waals surface area (Å²) in [6.45, 7) is 1.13. The minimum absolute atomic E-state index is 0.0862. The van der Waals surface area contributed by atoms with Crippen LogP contribution in [0.4, 0.5) is 0 Å². The maximum atomic E-state index is 8.55. The molecule has 7 rings (SSSR count). The second-order valence-electron chi connectivity index (χ2n) is 9.97. The Balaban J connectivity index is 1.70. The monoisotopic (exact) mass is 489 g/mol. The lowest BCUT2D eigenvalue weighted by molar-refractivity contribution is 0.405. The van der Waals surface area contributed by atoms with Crippen LogP contribution in [0.2, 0.25) is 0 Å². The molecule has 38 heavy (non-hydrogen) atoms. The van der Waals surface area contributed by atoms with Crippen molar-refractivity contribution in [1.82, 2.24) is 4.90 Å². The van der Waals surface area contributed by atoms with Gasteiger partial charge >= 0.3 is 0 Å². The zero-order valence-electron chi connectivity index (χ0n) is 21.0. The summed E-state index contributed by atoms with van der Waals surface area (Å²) in [5.74, 6) is 0.0862. The third kappa shape index (κ3) is 3.55. The Kier molecular flexibility index (Phi) is 5.22. The zero-order chi connectivity index (χ0) is 25.6. The molecule has 6 aromatic carbocycles. The van der Waals surface area contributed by atoms with Gasteiger partial charge in [0.25, 0.3) is 0 Å². The van der Waals surface area contributed by atoms with Gasteiger partial charge in [-0.25, -0.2) is 0 Å². The quantitative estimate of drug-likeness (QED) is 0.190. The van der Waals surface area contributed by atoms with Gasteiger partial charge < -0.3 is 10.6 Å². The van der Waals surface area contributed by atoms with Crippen molar-refractivity contribution in [3.05, 3.63) is 132 Å². The molecule has 0 aliphatic carbocycles. The van der Waals surface area contributed by atoms with Crippen molar-refractivity contribution in [1.29, 1.82) is 5.41 Å². The van der Waals surface area contributed by atoms with Crippen LogP contribution >= 0.6 is 0 Å². The Morgan fingerprint density at radius 1 is 0.553 bits per heavy atom. The van der Waals surface area contributed by atoms with E-state index in [4.69, 9.17) is 11.1 Å². The smallest absolute Gasteiger partial charge is 0.188 e. The first-order valence-electron chi connectivity index (χ1n) is 13.0. The average molecular weight is 490 g/mol. The van der Waals surface area contributed by atoms with Gasteiger partial charge in [-0.3, -0.25) is 5.41 Å². The molecule has 0 bridgehead atoms. The van der Waals surface area contributed by atoms with E-state index in [0.717, 1.165) is 0 Å². The first-order chi connectivity index (χ1) is 18.7. The minimum atomic E-state index is 0.0862. The Morgan fingerprint density at radius 3 is 1.37 bits per heavy atom. The van der Waals surface area contributed by atoms with Crippen LogP contribution in [-0.4, -0.2) is 10.9 Å². The van der Waals surface area contributed by atoms with Crippen molar-refractivity contribution >= 4 is 27.5 Å². The molecule has 1 aliphatic rings. The fraction of sp³-hybridized carbons (Fsp3) is 0.0571. The van der Waals surface area contributed by atoms with E-state index in [1.54, 1.807) is 0 Å². The lowest BCUT2D eigenvalue weighted by Crippen LogP contribution is -2.35. The summed E-state index contributed by atoms with van der Waals surface area (Å²) in [6, 6.07) is 43.1. The molecule has 1 aliphatic heterocycles. The molecular weight excluding hydrogens is 462 g/mol. The molecule has 0 radical (unpaired) electrons. The topological polar surface area (TPSA) is 53.1 Å². The van der Waals surface area contributed by atoms with Gasteiger partial charge in [0.15, 0.2) is 5.96 Å². The van der Waals surface area contributed by atoms with E-state index in [1.807, 2.05) is 4.90 Å². The highest BCUT2D eigenvalue weighted by Gasteiger charge is 2.28. The number of nitrogens with two attached hydrogens (primary N) is 1. The SMILES string of the molecule is N=C(N)N1Cc2c(-c3ccccc3)cc3ccccc3c2-c2c(c(-c3ccccc3)cc3ccccc23)C1. The number of rotatable bonds is 2.